The minimum absolute atomic E-state index is 0. The zero-order chi connectivity index (χ0) is 4.99. The molecule has 0 heterocycles. The topological polar surface area (TPSA) is 44.2 Å². The number of quaternary nitrogens is 2. The Morgan fingerprint density at radius 1 is 1.50 bits per heavy atom. The summed E-state index contributed by atoms with van der Waals surface area (Å²) in [6.07, 6.45) is 0.523. The molecule has 4 heteroatoms. The van der Waals surface area contributed by atoms with E-state index in [1.807, 2.05) is 0 Å². The van der Waals surface area contributed by atoms with Crippen LogP contribution in [-0.4, -0.2) is 12.7 Å². The number of hydrogen-bond acceptors (Lipinski definition) is 0. The first kappa shape index (κ1) is 15.9. The van der Waals surface area contributed by atoms with Gasteiger partial charge in [-0.2, -0.15) is 0 Å². The molecular weight excluding hydrogens is 236 g/mol. The molecular formula is C4H14Br2N2. The summed E-state index contributed by atoms with van der Waals surface area (Å²) in [5, 5.41) is 2.18. The van der Waals surface area contributed by atoms with Gasteiger partial charge in [0.2, 0.25) is 6.17 Å². The zero-order valence-corrected chi connectivity index (χ0v) is 8.50. The van der Waals surface area contributed by atoms with Crippen LogP contribution in [-0.2, 0) is 0 Å². The molecule has 0 amide bonds. The monoisotopic (exact) mass is 248 g/mol. The lowest BCUT2D eigenvalue weighted by Gasteiger charge is -1.94. The molecule has 0 bridgehead atoms. The van der Waals surface area contributed by atoms with Crippen LogP contribution in [0.3, 0.4) is 0 Å². The Labute approximate surface area is 71.7 Å². The van der Waals surface area contributed by atoms with E-state index < -0.39 is 0 Å². The van der Waals surface area contributed by atoms with Crippen LogP contribution in [0.2, 0.25) is 0 Å². The van der Waals surface area contributed by atoms with Gasteiger partial charge in [0.25, 0.3) is 0 Å². The van der Waals surface area contributed by atoms with Crippen molar-refractivity contribution in [2.24, 2.45) is 0 Å². The number of nitrogens with two attached hydrogens (primary N) is 1. The standard InChI is InChI=1S/C4H12N2.2BrH/c1-3-6-4(2)5;;/h4,6H,3,5H2,1-2H3;2*1H. The van der Waals surface area contributed by atoms with E-state index in [0.29, 0.717) is 6.17 Å². The van der Waals surface area contributed by atoms with E-state index in [2.05, 4.69) is 24.9 Å². The maximum Gasteiger partial charge on any atom is 0.205 e. The molecule has 0 aliphatic carbocycles. The Morgan fingerprint density at radius 3 is 1.88 bits per heavy atom. The molecule has 0 fully saturated rings. The van der Waals surface area contributed by atoms with Crippen molar-refractivity contribution < 1.29 is 45.0 Å². The second-order valence-corrected chi connectivity index (χ2v) is 1.62. The molecule has 0 aliphatic rings. The second kappa shape index (κ2) is 10.8. The van der Waals surface area contributed by atoms with Crippen LogP contribution in [0.1, 0.15) is 13.8 Å². The van der Waals surface area contributed by atoms with Gasteiger partial charge in [-0.05, 0) is 6.92 Å². The molecule has 0 saturated heterocycles. The first-order valence-electron chi connectivity index (χ1n) is 2.43. The summed E-state index contributed by atoms with van der Waals surface area (Å²) in [5.74, 6) is 0. The van der Waals surface area contributed by atoms with Crippen LogP contribution >= 0.6 is 0 Å². The summed E-state index contributed by atoms with van der Waals surface area (Å²) in [5.41, 5.74) is 3.77. The van der Waals surface area contributed by atoms with E-state index in [0.717, 1.165) is 6.54 Å². The fraction of sp³-hybridized carbons (Fsp3) is 1.00. The van der Waals surface area contributed by atoms with Crippen LogP contribution in [0, 0.1) is 0 Å². The average molecular weight is 250 g/mol. The maximum atomic E-state index is 3.77. The minimum Gasteiger partial charge on any atom is -1.00 e. The predicted octanol–water partition coefficient (Wildman–Crippen LogP) is -7.83. The van der Waals surface area contributed by atoms with Crippen LogP contribution in [0.15, 0.2) is 0 Å². The number of rotatable bonds is 2. The van der Waals surface area contributed by atoms with Crippen molar-refractivity contribution in [3.63, 3.8) is 0 Å². The van der Waals surface area contributed by atoms with Gasteiger partial charge in [-0.1, -0.05) is 0 Å². The first-order valence-corrected chi connectivity index (χ1v) is 2.43. The molecule has 0 rings (SSSR count). The normalized spacial score (nSPS) is 10.9. The summed E-state index contributed by atoms with van der Waals surface area (Å²) in [7, 11) is 0. The van der Waals surface area contributed by atoms with E-state index in [-0.39, 0.29) is 34.0 Å². The summed E-state index contributed by atoms with van der Waals surface area (Å²) >= 11 is 0. The van der Waals surface area contributed by atoms with Crippen molar-refractivity contribution in [3.8, 4) is 0 Å². The van der Waals surface area contributed by atoms with Crippen LogP contribution in [0.5, 0.6) is 0 Å². The molecule has 0 spiro atoms. The highest BCUT2D eigenvalue weighted by Crippen LogP contribution is 1.39. The molecule has 0 aromatic heterocycles. The van der Waals surface area contributed by atoms with Gasteiger partial charge in [-0.25, -0.2) is 0 Å². The van der Waals surface area contributed by atoms with E-state index in [9.17, 15) is 0 Å². The molecule has 1 atom stereocenters. The van der Waals surface area contributed by atoms with Crippen LogP contribution < -0.4 is 45.0 Å². The summed E-state index contributed by atoms with van der Waals surface area (Å²) in [4.78, 5) is 0. The maximum absolute atomic E-state index is 3.77. The molecule has 54 valence electrons. The number of halogens is 2. The third kappa shape index (κ3) is 15.8. The molecule has 8 heavy (non-hydrogen) atoms. The molecule has 0 aromatic rings. The molecule has 0 aliphatic heterocycles. The van der Waals surface area contributed by atoms with Gasteiger partial charge >= 0.3 is 0 Å². The largest absolute Gasteiger partial charge is 1.00 e. The molecule has 0 saturated carbocycles. The Hall–Kier alpha value is 0.880. The first-order chi connectivity index (χ1) is 2.77. The Kier molecular flexibility index (Phi) is 21.5. The smallest absolute Gasteiger partial charge is 0.205 e. The van der Waals surface area contributed by atoms with Gasteiger partial charge in [0.15, 0.2) is 0 Å². The fourth-order valence-electron chi connectivity index (χ4n) is 0.402. The summed E-state index contributed by atoms with van der Waals surface area (Å²) in [6, 6.07) is 0. The lowest BCUT2D eigenvalue weighted by atomic mass is 10.6. The lowest BCUT2D eigenvalue weighted by molar-refractivity contribution is -0.806. The molecule has 0 radical (unpaired) electrons. The highest BCUT2D eigenvalue weighted by Gasteiger charge is 1.90. The zero-order valence-electron chi connectivity index (χ0n) is 5.32. The van der Waals surface area contributed by atoms with Crippen molar-refractivity contribution in [1.82, 2.24) is 0 Å². The van der Waals surface area contributed by atoms with Gasteiger partial charge in [-0.15, -0.1) is 0 Å². The van der Waals surface area contributed by atoms with Crippen molar-refractivity contribution in [2.75, 3.05) is 6.54 Å². The average Bonchev–Trinajstić information content (AvgIpc) is 1.35. The molecule has 2 nitrogen and oxygen atoms in total. The summed E-state index contributed by atoms with van der Waals surface area (Å²) in [6.45, 7) is 5.36. The van der Waals surface area contributed by atoms with E-state index in [1.165, 1.54) is 0 Å². The third-order valence-corrected chi connectivity index (χ3v) is 0.638. The van der Waals surface area contributed by atoms with Gasteiger partial charge in [0.1, 0.15) is 0 Å². The van der Waals surface area contributed by atoms with E-state index >= 15 is 0 Å². The van der Waals surface area contributed by atoms with Crippen LogP contribution in [0.4, 0.5) is 0 Å². The quantitative estimate of drug-likeness (QED) is 0.457. The Bertz CT molecular complexity index is 33.2. The van der Waals surface area contributed by atoms with Gasteiger partial charge in [-0.3, -0.25) is 5.32 Å². The van der Waals surface area contributed by atoms with E-state index in [4.69, 9.17) is 0 Å². The lowest BCUT2D eigenvalue weighted by Crippen LogP contribution is -3.00. The Balaban J connectivity index is -0.000000125. The molecule has 5 N–H and O–H groups in total. The highest BCUT2D eigenvalue weighted by molar-refractivity contribution is 4.04. The van der Waals surface area contributed by atoms with E-state index in [1.54, 1.807) is 0 Å². The minimum atomic E-state index is 0. The van der Waals surface area contributed by atoms with Crippen molar-refractivity contribution >= 4 is 0 Å². The van der Waals surface area contributed by atoms with Gasteiger partial charge in [0.05, 0.1) is 6.54 Å². The third-order valence-electron chi connectivity index (χ3n) is 0.638. The van der Waals surface area contributed by atoms with Crippen molar-refractivity contribution in [3.05, 3.63) is 0 Å². The van der Waals surface area contributed by atoms with Crippen LogP contribution in [0.25, 0.3) is 0 Å². The van der Waals surface area contributed by atoms with Gasteiger partial charge in [0, 0.05) is 6.92 Å². The highest BCUT2D eigenvalue weighted by atomic mass is 79.9. The predicted molar refractivity (Wildman–Crippen MR) is 24.8 cm³/mol. The molecule has 0 aromatic carbocycles. The van der Waals surface area contributed by atoms with Crippen molar-refractivity contribution in [2.45, 2.75) is 20.0 Å². The Morgan fingerprint density at radius 2 is 1.88 bits per heavy atom. The second-order valence-electron chi connectivity index (χ2n) is 1.62. The van der Waals surface area contributed by atoms with Crippen molar-refractivity contribution in [1.29, 1.82) is 0 Å². The van der Waals surface area contributed by atoms with Gasteiger partial charge < -0.3 is 39.7 Å². The number of hydrogen-bond donors (Lipinski definition) is 2. The SMILES string of the molecule is CC[NH2+]C(C)[NH3+].[Br-].[Br-]. The fourth-order valence-corrected chi connectivity index (χ4v) is 0.402. The summed E-state index contributed by atoms with van der Waals surface area (Å²) < 4.78 is 0. The molecule has 1 unspecified atom stereocenters.